The summed E-state index contributed by atoms with van der Waals surface area (Å²) in [6, 6.07) is 2.27. The van der Waals surface area contributed by atoms with Gasteiger partial charge in [-0.15, -0.1) is 0 Å². The highest BCUT2D eigenvalue weighted by Gasteiger charge is 2.27. The normalized spacial score (nSPS) is 19.5. The number of benzene rings is 1. The number of urea groups is 2. The van der Waals surface area contributed by atoms with Gasteiger partial charge in [-0.25, -0.2) is 14.0 Å². The van der Waals surface area contributed by atoms with Crippen LogP contribution in [0.25, 0.3) is 0 Å². The van der Waals surface area contributed by atoms with E-state index in [0.29, 0.717) is 37.4 Å². The van der Waals surface area contributed by atoms with Gasteiger partial charge in [-0.2, -0.15) is 0 Å². The van der Waals surface area contributed by atoms with Crippen molar-refractivity contribution in [3.63, 3.8) is 0 Å². The Morgan fingerprint density at radius 2 is 2.25 bits per heavy atom. The quantitative estimate of drug-likeness (QED) is 0.778. The minimum absolute atomic E-state index is 0.0595. The summed E-state index contributed by atoms with van der Waals surface area (Å²) in [5.74, 6) is -0.478. The van der Waals surface area contributed by atoms with Gasteiger partial charge in [-0.1, -0.05) is 6.92 Å². The van der Waals surface area contributed by atoms with E-state index in [1.54, 1.807) is 17.9 Å². The highest BCUT2D eigenvalue weighted by atomic mass is 19.1. The Balaban J connectivity index is 1.75. The average molecular weight is 392 g/mol. The Bertz CT molecular complexity index is 722. The summed E-state index contributed by atoms with van der Waals surface area (Å²) in [4.78, 5) is 28.0. The number of carbonyl (C=O) groups excluding carboxylic acids is 2. The first-order valence-corrected chi connectivity index (χ1v) is 10.0. The van der Waals surface area contributed by atoms with Crippen molar-refractivity contribution in [2.45, 2.75) is 45.6 Å². The van der Waals surface area contributed by atoms with E-state index in [4.69, 9.17) is 4.74 Å². The SMILES string of the molecule is CCCN(C[C@H]1CCCCO1)C(=O)Nc1ccc(F)c(N2CCNC2=O)c1C. The van der Waals surface area contributed by atoms with E-state index < -0.39 is 5.82 Å². The molecule has 3 rings (SSSR count). The molecule has 2 saturated heterocycles. The van der Waals surface area contributed by atoms with Crippen LogP contribution in [0.15, 0.2) is 12.1 Å². The monoisotopic (exact) mass is 392 g/mol. The summed E-state index contributed by atoms with van der Waals surface area (Å²) in [5.41, 5.74) is 1.26. The predicted molar refractivity (Wildman–Crippen MR) is 106 cm³/mol. The molecule has 1 atom stereocenters. The fourth-order valence-corrected chi connectivity index (χ4v) is 3.76. The summed E-state index contributed by atoms with van der Waals surface area (Å²) in [6.45, 7) is 6.51. The third kappa shape index (κ3) is 4.55. The van der Waals surface area contributed by atoms with E-state index in [2.05, 4.69) is 10.6 Å². The molecule has 0 unspecified atom stereocenters. The Hall–Kier alpha value is -2.35. The van der Waals surface area contributed by atoms with Crippen LogP contribution in [0.5, 0.6) is 0 Å². The van der Waals surface area contributed by atoms with E-state index >= 15 is 0 Å². The zero-order valence-electron chi connectivity index (χ0n) is 16.6. The molecule has 0 spiro atoms. The molecule has 0 bridgehead atoms. The third-order valence-electron chi connectivity index (χ3n) is 5.23. The number of rotatable bonds is 6. The molecular formula is C20H29FN4O3. The van der Waals surface area contributed by atoms with Gasteiger partial charge in [0.15, 0.2) is 0 Å². The molecule has 2 aliphatic rings. The van der Waals surface area contributed by atoms with Gasteiger partial charge in [-0.05, 0) is 50.3 Å². The molecular weight excluding hydrogens is 363 g/mol. The summed E-state index contributed by atoms with van der Waals surface area (Å²) in [6.07, 6.45) is 4.03. The Kier molecular flexibility index (Phi) is 6.72. The molecule has 0 radical (unpaired) electrons. The van der Waals surface area contributed by atoms with Crippen LogP contribution in [0.2, 0.25) is 0 Å². The van der Waals surface area contributed by atoms with Gasteiger partial charge in [0.2, 0.25) is 0 Å². The van der Waals surface area contributed by atoms with Gasteiger partial charge in [-0.3, -0.25) is 4.90 Å². The second kappa shape index (κ2) is 9.23. The van der Waals surface area contributed by atoms with Crippen molar-refractivity contribution in [1.82, 2.24) is 10.2 Å². The number of amides is 4. The summed E-state index contributed by atoms with van der Waals surface area (Å²) in [5, 5.41) is 5.57. The molecule has 8 heteroatoms. The zero-order chi connectivity index (χ0) is 20.1. The highest BCUT2D eigenvalue weighted by molar-refractivity contribution is 5.97. The Morgan fingerprint density at radius 1 is 1.43 bits per heavy atom. The summed E-state index contributed by atoms with van der Waals surface area (Å²) >= 11 is 0. The Labute approximate surface area is 165 Å². The zero-order valence-corrected chi connectivity index (χ0v) is 16.6. The molecule has 4 amide bonds. The maximum atomic E-state index is 14.4. The summed E-state index contributed by atoms with van der Waals surface area (Å²) < 4.78 is 20.2. The van der Waals surface area contributed by atoms with Crippen molar-refractivity contribution >= 4 is 23.4 Å². The maximum absolute atomic E-state index is 14.4. The van der Waals surface area contributed by atoms with Crippen LogP contribution in [-0.2, 0) is 4.74 Å². The largest absolute Gasteiger partial charge is 0.376 e. The van der Waals surface area contributed by atoms with E-state index in [1.807, 2.05) is 6.92 Å². The molecule has 0 saturated carbocycles. The van der Waals surface area contributed by atoms with Crippen LogP contribution in [0.3, 0.4) is 0 Å². The molecule has 0 aliphatic carbocycles. The fourth-order valence-electron chi connectivity index (χ4n) is 3.76. The molecule has 0 aromatic heterocycles. The number of ether oxygens (including phenoxy) is 1. The molecule has 2 heterocycles. The van der Waals surface area contributed by atoms with Crippen molar-refractivity contribution in [1.29, 1.82) is 0 Å². The van der Waals surface area contributed by atoms with Gasteiger partial charge in [0.1, 0.15) is 5.82 Å². The second-order valence-electron chi connectivity index (χ2n) is 7.32. The third-order valence-corrected chi connectivity index (χ3v) is 5.23. The van der Waals surface area contributed by atoms with Gasteiger partial charge in [0.05, 0.1) is 11.8 Å². The summed E-state index contributed by atoms with van der Waals surface area (Å²) in [7, 11) is 0. The van der Waals surface area contributed by atoms with E-state index in [9.17, 15) is 14.0 Å². The van der Waals surface area contributed by atoms with Crippen molar-refractivity contribution in [3.05, 3.63) is 23.5 Å². The predicted octanol–water partition coefficient (Wildman–Crippen LogP) is 3.48. The highest BCUT2D eigenvalue weighted by Crippen LogP contribution is 2.31. The van der Waals surface area contributed by atoms with Gasteiger partial charge >= 0.3 is 12.1 Å². The van der Waals surface area contributed by atoms with Crippen molar-refractivity contribution in [2.75, 3.05) is 43.0 Å². The van der Waals surface area contributed by atoms with E-state index in [0.717, 1.165) is 32.3 Å². The van der Waals surface area contributed by atoms with Crippen LogP contribution in [-0.4, -0.2) is 55.9 Å². The van der Waals surface area contributed by atoms with Crippen molar-refractivity contribution in [2.24, 2.45) is 0 Å². The number of halogens is 1. The lowest BCUT2D eigenvalue weighted by atomic mass is 10.1. The molecule has 7 nitrogen and oxygen atoms in total. The maximum Gasteiger partial charge on any atom is 0.322 e. The van der Waals surface area contributed by atoms with E-state index in [1.165, 1.54) is 11.0 Å². The number of anilines is 2. The topological polar surface area (TPSA) is 73.9 Å². The number of carbonyl (C=O) groups is 2. The minimum Gasteiger partial charge on any atom is -0.376 e. The average Bonchev–Trinajstić information content (AvgIpc) is 3.10. The number of nitrogens with zero attached hydrogens (tertiary/aromatic N) is 2. The lowest BCUT2D eigenvalue weighted by molar-refractivity contribution is 0.00161. The van der Waals surface area contributed by atoms with Crippen LogP contribution in [0, 0.1) is 12.7 Å². The number of hydrogen-bond donors (Lipinski definition) is 2. The van der Waals surface area contributed by atoms with Crippen LogP contribution >= 0.6 is 0 Å². The van der Waals surface area contributed by atoms with Crippen molar-refractivity contribution < 1.29 is 18.7 Å². The van der Waals surface area contributed by atoms with E-state index in [-0.39, 0.29) is 23.9 Å². The fraction of sp³-hybridized carbons (Fsp3) is 0.600. The van der Waals surface area contributed by atoms with Crippen LogP contribution < -0.4 is 15.5 Å². The Morgan fingerprint density at radius 3 is 2.89 bits per heavy atom. The van der Waals surface area contributed by atoms with Crippen LogP contribution in [0.1, 0.15) is 38.2 Å². The molecule has 2 fully saturated rings. The lowest BCUT2D eigenvalue weighted by Crippen LogP contribution is -2.42. The first-order chi connectivity index (χ1) is 13.5. The lowest BCUT2D eigenvalue weighted by Gasteiger charge is -2.30. The van der Waals surface area contributed by atoms with Crippen molar-refractivity contribution in [3.8, 4) is 0 Å². The van der Waals surface area contributed by atoms with Crippen LogP contribution in [0.4, 0.5) is 25.4 Å². The standard InChI is InChI=1S/C20H29FN4O3/c1-3-10-24(13-15-6-4-5-12-28-15)20(27)23-17-8-7-16(21)18(14(17)2)25-11-9-22-19(25)26/h7-8,15H,3-6,9-13H2,1-2H3,(H,22,26)(H,23,27)/t15-/m1/s1. The molecule has 2 aliphatic heterocycles. The molecule has 2 N–H and O–H groups in total. The van der Waals surface area contributed by atoms with Gasteiger partial charge < -0.3 is 20.3 Å². The molecule has 28 heavy (non-hydrogen) atoms. The smallest absolute Gasteiger partial charge is 0.322 e. The number of hydrogen-bond acceptors (Lipinski definition) is 3. The first-order valence-electron chi connectivity index (χ1n) is 10.0. The molecule has 154 valence electrons. The van der Waals surface area contributed by atoms with Gasteiger partial charge in [0, 0.05) is 38.5 Å². The molecule has 1 aromatic rings. The van der Waals surface area contributed by atoms with Gasteiger partial charge in [0.25, 0.3) is 0 Å². The molecule has 1 aromatic carbocycles. The minimum atomic E-state index is -0.478. The second-order valence-corrected chi connectivity index (χ2v) is 7.32. The first kappa shape index (κ1) is 20.4. The number of nitrogens with one attached hydrogen (secondary N) is 2.